The van der Waals surface area contributed by atoms with Crippen molar-refractivity contribution in [3.05, 3.63) is 30.0 Å². The quantitative estimate of drug-likeness (QED) is 0.618. The van der Waals surface area contributed by atoms with Crippen molar-refractivity contribution in [2.45, 2.75) is 19.9 Å². The SMILES string of the molecule is Cc1cn2c3c(cccc13)OCCC2. The number of benzene rings is 1. The normalized spacial score (nSPS) is 15.2. The molecule has 0 radical (unpaired) electrons. The van der Waals surface area contributed by atoms with E-state index < -0.39 is 0 Å². The molecule has 1 aliphatic rings. The average molecular weight is 187 g/mol. The van der Waals surface area contributed by atoms with Crippen LogP contribution in [0.2, 0.25) is 0 Å². The van der Waals surface area contributed by atoms with Crippen LogP contribution in [0.15, 0.2) is 24.4 Å². The number of aryl methyl sites for hydroxylation is 2. The van der Waals surface area contributed by atoms with Crippen molar-refractivity contribution in [3.63, 3.8) is 0 Å². The van der Waals surface area contributed by atoms with Crippen LogP contribution in [0.25, 0.3) is 10.9 Å². The summed E-state index contributed by atoms with van der Waals surface area (Å²) in [6.07, 6.45) is 3.32. The molecule has 1 aliphatic heterocycles. The Morgan fingerprint density at radius 1 is 1.36 bits per heavy atom. The Morgan fingerprint density at radius 2 is 2.29 bits per heavy atom. The van der Waals surface area contributed by atoms with Crippen molar-refractivity contribution in [2.75, 3.05) is 6.61 Å². The van der Waals surface area contributed by atoms with Crippen LogP contribution in [0.3, 0.4) is 0 Å². The van der Waals surface area contributed by atoms with Crippen LogP contribution in [-0.4, -0.2) is 11.2 Å². The zero-order valence-corrected chi connectivity index (χ0v) is 8.29. The standard InChI is InChI=1S/C12H13NO/c1-9-8-13-6-3-7-14-11-5-2-4-10(9)12(11)13/h2,4-5,8H,3,6-7H2,1H3. The third-order valence-corrected chi connectivity index (χ3v) is 2.86. The van der Waals surface area contributed by atoms with Crippen LogP contribution in [0.5, 0.6) is 5.75 Å². The van der Waals surface area contributed by atoms with E-state index in [0.29, 0.717) is 0 Å². The molecule has 0 aliphatic carbocycles. The summed E-state index contributed by atoms with van der Waals surface area (Å²) in [7, 11) is 0. The third kappa shape index (κ3) is 0.969. The Hall–Kier alpha value is -1.44. The molecule has 72 valence electrons. The van der Waals surface area contributed by atoms with Crippen LogP contribution < -0.4 is 4.74 Å². The van der Waals surface area contributed by atoms with Crippen molar-refractivity contribution in [2.24, 2.45) is 0 Å². The van der Waals surface area contributed by atoms with Gasteiger partial charge in [0, 0.05) is 18.1 Å². The lowest BCUT2D eigenvalue weighted by atomic mass is 10.2. The first-order chi connectivity index (χ1) is 6.86. The van der Waals surface area contributed by atoms with E-state index in [2.05, 4.69) is 35.9 Å². The topological polar surface area (TPSA) is 14.2 Å². The van der Waals surface area contributed by atoms with Gasteiger partial charge in [-0.3, -0.25) is 0 Å². The Morgan fingerprint density at radius 3 is 3.21 bits per heavy atom. The zero-order chi connectivity index (χ0) is 9.54. The van der Waals surface area contributed by atoms with Crippen molar-refractivity contribution < 1.29 is 4.74 Å². The Bertz CT molecular complexity index is 484. The summed E-state index contributed by atoms with van der Waals surface area (Å²) in [5.41, 5.74) is 2.61. The molecule has 0 amide bonds. The molecule has 0 saturated carbocycles. The maximum atomic E-state index is 5.71. The van der Waals surface area contributed by atoms with Gasteiger partial charge < -0.3 is 9.30 Å². The van der Waals surface area contributed by atoms with Gasteiger partial charge in [0.25, 0.3) is 0 Å². The summed E-state index contributed by atoms with van der Waals surface area (Å²) < 4.78 is 8.03. The first-order valence-electron chi connectivity index (χ1n) is 5.07. The van der Waals surface area contributed by atoms with Gasteiger partial charge in [-0.25, -0.2) is 0 Å². The Kier molecular flexibility index (Phi) is 1.57. The number of hydrogen-bond donors (Lipinski definition) is 0. The molecule has 0 bridgehead atoms. The van der Waals surface area contributed by atoms with Gasteiger partial charge in [0.2, 0.25) is 0 Å². The minimum absolute atomic E-state index is 0.833. The predicted molar refractivity (Wildman–Crippen MR) is 56.8 cm³/mol. The lowest BCUT2D eigenvalue weighted by Gasteiger charge is -2.03. The molecule has 0 atom stereocenters. The van der Waals surface area contributed by atoms with Gasteiger partial charge in [0.15, 0.2) is 0 Å². The summed E-state index contributed by atoms with van der Waals surface area (Å²) in [6, 6.07) is 6.29. The number of aromatic nitrogens is 1. The van der Waals surface area contributed by atoms with Gasteiger partial charge in [-0.1, -0.05) is 12.1 Å². The van der Waals surface area contributed by atoms with Gasteiger partial charge >= 0.3 is 0 Å². The van der Waals surface area contributed by atoms with E-state index in [9.17, 15) is 0 Å². The van der Waals surface area contributed by atoms with E-state index in [4.69, 9.17) is 4.74 Å². The summed E-state index contributed by atoms with van der Waals surface area (Å²) >= 11 is 0. The lowest BCUT2D eigenvalue weighted by molar-refractivity contribution is 0.316. The number of ether oxygens (including phenoxy) is 1. The smallest absolute Gasteiger partial charge is 0.143 e. The highest BCUT2D eigenvalue weighted by Gasteiger charge is 2.13. The molecule has 2 aromatic rings. The Balaban J connectivity index is 2.42. The monoisotopic (exact) mass is 187 g/mol. The van der Waals surface area contributed by atoms with E-state index >= 15 is 0 Å². The molecule has 0 N–H and O–H groups in total. The van der Waals surface area contributed by atoms with Gasteiger partial charge in [0.1, 0.15) is 5.75 Å². The highest BCUT2D eigenvalue weighted by Crippen LogP contribution is 2.31. The van der Waals surface area contributed by atoms with Crippen molar-refractivity contribution in [1.29, 1.82) is 0 Å². The summed E-state index contributed by atoms with van der Waals surface area (Å²) in [5.74, 6) is 1.04. The van der Waals surface area contributed by atoms with Gasteiger partial charge in [-0.2, -0.15) is 0 Å². The first-order valence-corrected chi connectivity index (χ1v) is 5.07. The molecular formula is C12H13NO. The molecule has 2 nitrogen and oxygen atoms in total. The van der Waals surface area contributed by atoms with Crippen LogP contribution in [0.4, 0.5) is 0 Å². The van der Waals surface area contributed by atoms with E-state index in [1.54, 1.807) is 0 Å². The molecule has 1 aromatic heterocycles. The summed E-state index contributed by atoms with van der Waals surface area (Å²) in [6.45, 7) is 4.06. The minimum Gasteiger partial charge on any atom is -0.491 e. The fraction of sp³-hybridized carbons (Fsp3) is 0.333. The third-order valence-electron chi connectivity index (χ3n) is 2.86. The van der Waals surface area contributed by atoms with Crippen molar-refractivity contribution in [1.82, 2.24) is 4.57 Å². The molecule has 2 heterocycles. The second-order valence-electron chi connectivity index (χ2n) is 3.86. The minimum atomic E-state index is 0.833. The Labute approximate surface area is 83.1 Å². The molecular weight excluding hydrogens is 174 g/mol. The maximum Gasteiger partial charge on any atom is 0.143 e. The van der Waals surface area contributed by atoms with Gasteiger partial charge in [-0.15, -0.1) is 0 Å². The van der Waals surface area contributed by atoms with Gasteiger partial charge in [-0.05, 0) is 25.0 Å². The van der Waals surface area contributed by atoms with Gasteiger partial charge in [0.05, 0.1) is 12.1 Å². The molecule has 0 unspecified atom stereocenters. The number of nitrogens with zero attached hydrogens (tertiary/aromatic N) is 1. The average Bonchev–Trinajstić information content (AvgIpc) is 2.41. The maximum absolute atomic E-state index is 5.71. The molecule has 3 rings (SSSR count). The van der Waals surface area contributed by atoms with E-state index in [0.717, 1.165) is 25.3 Å². The molecule has 2 heteroatoms. The first kappa shape index (κ1) is 7.92. The van der Waals surface area contributed by atoms with Crippen LogP contribution in [0.1, 0.15) is 12.0 Å². The zero-order valence-electron chi connectivity index (χ0n) is 8.29. The van der Waals surface area contributed by atoms with E-state index in [1.165, 1.54) is 16.5 Å². The largest absolute Gasteiger partial charge is 0.491 e. The molecule has 0 spiro atoms. The molecule has 1 aromatic carbocycles. The number of hydrogen-bond acceptors (Lipinski definition) is 1. The van der Waals surface area contributed by atoms with Crippen LogP contribution >= 0.6 is 0 Å². The van der Waals surface area contributed by atoms with Crippen molar-refractivity contribution in [3.8, 4) is 5.75 Å². The second-order valence-corrected chi connectivity index (χ2v) is 3.86. The fourth-order valence-corrected chi connectivity index (χ4v) is 2.21. The fourth-order valence-electron chi connectivity index (χ4n) is 2.21. The number of para-hydroxylation sites is 1. The highest BCUT2D eigenvalue weighted by molar-refractivity contribution is 5.89. The molecule has 0 fully saturated rings. The van der Waals surface area contributed by atoms with Crippen molar-refractivity contribution >= 4 is 10.9 Å². The lowest BCUT2D eigenvalue weighted by Crippen LogP contribution is -1.97. The summed E-state index contributed by atoms with van der Waals surface area (Å²) in [4.78, 5) is 0. The molecule has 0 saturated heterocycles. The second kappa shape index (κ2) is 2.77. The van der Waals surface area contributed by atoms with E-state index in [1.807, 2.05) is 0 Å². The predicted octanol–water partition coefficient (Wildman–Crippen LogP) is 2.73. The highest BCUT2D eigenvalue weighted by atomic mass is 16.5. The summed E-state index contributed by atoms with van der Waals surface area (Å²) in [5, 5.41) is 1.32. The molecule has 14 heavy (non-hydrogen) atoms. The number of rotatable bonds is 0. The van der Waals surface area contributed by atoms with Crippen LogP contribution in [0, 0.1) is 6.92 Å². The van der Waals surface area contributed by atoms with Crippen LogP contribution in [-0.2, 0) is 6.54 Å². The van der Waals surface area contributed by atoms with E-state index in [-0.39, 0.29) is 0 Å².